The number of benzene rings is 1. The number of aliphatic carboxylic acids is 1. The van der Waals surface area contributed by atoms with Crippen LogP contribution in [-0.2, 0) is 4.79 Å². The molecule has 0 saturated carbocycles. The van der Waals surface area contributed by atoms with Crippen molar-refractivity contribution in [1.29, 1.82) is 0 Å². The Morgan fingerprint density at radius 3 is 2.15 bits per heavy atom. The zero-order valence-corrected chi connectivity index (χ0v) is 6.37. The largest absolute Gasteiger partial charge is 0.479 e. The van der Waals surface area contributed by atoms with Gasteiger partial charge >= 0.3 is 5.97 Å². The van der Waals surface area contributed by atoms with Gasteiger partial charge in [0.15, 0.2) is 6.10 Å². The summed E-state index contributed by atoms with van der Waals surface area (Å²) in [5.74, 6) is -3.84. The zero-order valence-electron chi connectivity index (χ0n) is 6.37. The lowest BCUT2D eigenvalue weighted by atomic mass is 10.1. The van der Waals surface area contributed by atoms with Crippen molar-refractivity contribution in [2.45, 2.75) is 6.10 Å². The van der Waals surface area contributed by atoms with Gasteiger partial charge in [-0.3, -0.25) is 0 Å². The van der Waals surface area contributed by atoms with Gasteiger partial charge < -0.3 is 10.2 Å². The van der Waals surface area contributed by atoms with E-state index in [1.54, 1.807) is 0 Å². The molecular weight excluding hydrogens is 182 g/mol. The lowest BCUT2D eigenvalue weighted by Gasteiger charge is -2.07. The van der Waals surface area contributed by atoms with Crippen molar-refractivity contribution >= 4 is 5.97 Å². The van der Waals surface area contributed by atoms with E-state index in [2.05, 4.69) is 0 Å². The average Bonchev–Trinajstić information content (AvgIpc) is 2.03. The summed E-state index contributed by atoms with van der Waals surface area (Å²) in [6.45, 7) is 0. The highest BCUT2D eigenvalue weighted by Crippen LogP contribution is 2.20. The van der Waals surface area contributed by atoms with Crippen LogP contribution >= 0.6 is 0 Å². The fourth-order valence-corrected chi connectivity index (χ4v) is 0.895. The molecule has 0 saturated heterocycles. The summed E-state index contributed by atoms with van der Waals surface area (Å²) in [6.07, 6.45) is -2.17. The van der Waals surface area contributed by atoms with Crippen LogP contribution in [0.4, 0.5) is 8.78 Å². The molecule has 0 heterocycles. The summed E-state index contributed by atoms with van der Waals surface area (Å²) in [4.78, 5) is 10.2. The lowest BCUT2D eigenvalue weighted by Crippen LogP contribution is -2.14. The van der Waals surface area contributed by atoms with Crippen LogP contribution in [0, 0.1) is 11.6 Å². The molecule has 3 nitrogen and oxygen atoms in total. The van der Waals surface area contributed by atoms with Crippen LogP contribution < -0.4 is 0 Å². The summed E-state index contributed by atoms with van der Waals surface area (Å²) in [6, 6.07) is 2.85. The molecule has 0 aliphatic heterocycles. The minimum atomic E-state index is -2.17. The van der Waals surface area contributed by atoms with E-state index >= 15 is 0 Å². The fraction of sp³-hybridized carbons (Fsp3) is 0.125. The first-order chi connectivity index (χ1) is 6.04. The average molecular weight is 188 g/mol. The van der Waals surface area contributed by atoms with Gasteiger partial charge in [-0.2, -0.15) is 0 Å². The van der Waals surface area contributed by atoms with E-state index in [-0.39, 0.29) is 0 Å². The van der Waals surface area contributed by atoms with E-state index in [9.17, 15) is 13.6 Å². The van der Waals surface area contributed by atoms with Crippen molar-refractivity contribution in [2.75, 3.05) is 0 Å². The van der Waals surface area contributed by atoms with Gasteiger partial charge in [-0.05, 0) is 12.1 Å². The topological polar surface area (TPSA) is 57.5 Å². The standard InChI is InChI=1S/C8H6F2O3/c9-4-2-1-3-5(10)6(4)7(11)8(12)13/h1-3,7,11H,(H,12,13)/t7-/m1/s1. The Bertz CT molecular complexity index is 318. The highest BCUT2D eigenvalue weighted by Gasteiger charge is 2.23. The summed E-state index contributed by atoms with van der Waals surface area (Å²) in [5.41, 5.74) is -0.838. The minimum Gasteiger partial charge on any atom is -0.479 e. The van der Waals surface area contributed by atoms with Crippen molar-refractivity contribution in [3.05, 3.63) is 35.4 Å². The maximum absolute atomic E-state index is 12.8. The van der Waals surface area contributed by atoms with Crippen molar-refractivity contribution in [3.63, 3.8) is 0 Å². The molecule has 13 heavy (non-hydrogen) atoms. The highest BCUT2D eigenvalue weighted by molar-refractivity contribution is 5.74. The third-order valence-corrected chi connectivity index (χ3v) is 1.51. The Balaban J connectivity index is 3.20. The maximum atomic E-state index is 12.8. The third-order valence-electron chi connectivity index (χ3n) is 1.51. The number of carbonyl (C=O) groups is 1. The van der Waals surface area contributed by atoms with Gasteiger partial charge in [0.1, 0.15) is 11.6 Å². The monoisotopic (exact) mass is 188 g/mol. The van der Waals surface area contributed by atoms with Crippen molar-refractivity contribution < 1.29 is 23.8 Å². The molecule has 1 aromatic rings. The van der Waals surface area contributed by atoms with Crippen molar-refractivity contribution in [3.8, 4) is 0 Å². The number of rotatable bonds is 2. The van der Waals surface area contributed by atoms with Crippen LogP contribution in [-0.4, -0.2) is 16.2 Å². The quantitative estimate of drug-likeness (QED) is 0.730. The zero-order chi connectivity index (χ0) is 10.0. The normalized spacial score (nSPS) is 12.5. The van der Waals surface area contributed by atoms with Crippen LogP contribution in [0.3, 0.4) is 0 Å². The first-order valence-electron chi connectivity index (χ1n) is 3.39. The summed E-state index contributed by atoms with van der Waals surface area (Å²) in [5, 5.41) is 17.2. The number of carboxylic acid groups (broad SMARTS) is 1. The molecule has 0 aliphatic carbocycles. The maximum Gasteiger partial charge on any atom is 0.337 e. The van der Waals surface area contributed by atoms with E-state index in [1.807, 2.05) is 0 Å². The molecule has 1 atom stereocenters. The second-order valence-electron chi connectivity index (χ2n) is 2.38. The minimum absolute atomic E-state index is 0.838. The summed E-state index contributed by atoms with van der Waals surface area (Å²) in [7, 11) is 0. The van der Waals surface area contributed by atoms with Gasteiger partial charge in [0.25, 0.3) is 0 Å². The smallest absolute Gasteiger partial charge is 0.337 e. The van der Waals surface area contributed by atoms with E-state index in [4.69, 9.17) is 10.2 Å². The predicted molar refractivity (Wildman–Crippen MR) is 39.0 cm³/mol. The highest BCUT2D eigenvalue weighted by atomic mass is 19.1. The molecule has 0 amide bonds. The van der Waals surface area contributed by atoms with Crippen LogP contribution in [0.25, 0.3) is 0 Å². The van der Waals surface area contributed by atoms with Gasteiger partial charge in [0, 0.05) is 0 Å². The Labute approximate surface area is 72.2 Å². The van der Waals surface area contributed by atoms with Crippen LogP contribution in [0.5, 0.6) is 0 Å². The first kappa shape index (κ1) is 9.60. The molecule has 0 fully saturated rings. The number of aliphatic hydroxyl groups excluding tert-OH is 1. The molecular formula is C8H6F2O3. The predicted octanol–water partition coefficient (Wildman–Crippen LogP) is 1.08. The first-order valence-corrected chi connectivity index (χ1v) is 3.39. The number of carboxylic acids is 1. The van der Waals surface area contributed by atoms with Gasteiger partial charge in [-0.1, -0.05) is 6.07 Å². The Hall–Kier alpha value is -1.49. The Morgan fingerprint density at radius 1 is 1.31 bits per heavy atom. The summed E-state index contributed by atoms with van der Waals surface area (Å²) >= 11 is 0. The van der Waals surface area contributed by atoms with E-state index < -0.39 is 29.3 Å². The van der Waals surface area contributed by atoms with E-state index in [1.165, 1.54) is 0 Å². The van der Waals surface area contributed by atoms with Crippen molar-refractivity contribution in [2.24, 2.45) is 0 Å². The molecule has 1 aromatic carbocycles. The molecule has 70 valence electrons. The molecule has 1 rings (SSSR count). The molecule has 0 unspecified atom stereocenters. The Morgan fingerprint density at radius 2 is 1.77 bits per heavy atom. The number of halogens is 2. The molecule has 0 aromatic heterocycles. The molecule has 0 radical (unpaired) electrons. The Kier molecular flexibility index (Phi) is 2.57. The number of hydrogen-bond acceptors (Lipinski definition) is 2. The lowest BCUT2D eigenvalue weighted by molar-refractivity contribution is -0.147. The van der Waals surface area contributed by atoms with Gasteiger partial charge in [-0.25, -0.2) is 13.6 Å². The second kappa shape index (κ2) is 3.49. The molecule has 0 aliphatic rings. The van der Waals surface area contributed by atoms with Crippen LogP contribution in [0.1, 0.15) is 11.7 Å². The number of hydrogen-bond donors (Lipinski definition) is 2. The van der Waals surface area contributed by atoms with Crippen LogP contribution in [0.15, 0.2) is 18.2 Å². The van der Waals surface area contributed by atoms with Gasteiger partial charge in [-0.15, -0.1) is 0 Å². The molecule has 0 bridgehead atoms. The van der Waals surface area contributed by atoms with Crippen molar-refractivity contribution in [1.82, 2.24) is 0 Å². The van der Waals surface area contributed by atoms with Crippen LogP contribution in [0.2, 0.25) is 0 Å². The third kappa shape index (κ3) is 1.81. The second-order valence-corrected chi connectivity index (χ2v) is 2.38. The SMILES string of the molecule is O=C(O)[C@H](O)c1c(F)cccc1F. The molecule has 0 spiro atoms. The van der Waals surface area contributed by atoms with E-state index in [0.717, 1.165) is 18.2 Å². The summed E-state index contributed by atoms with van der Waals surface area (Å²) < 4.78 is 25.6. The van der Waals surface area contributed by atoms with E-state index in [0.29, 0.717) is 0 Å². The number of aliphatic hydroxyl groups is 1. The van der Waals surface area contributed by atoms with Gasteiger partial charge in [0.05, 0.1) is 5.56 Å². The fourth-order valence-electron chi connectivity index (χ4n) is 0.895. The van der Waals surface area contributed by atoms with Gasteiger partial charge in [0.2, 0.25) is 0 Å². The molecule has 2 N–H and O–H groups in total. The molecule has 5 heteroatoms.